The molecule has 3 heterocycles. The van der Waals surface area contributed by atoms with Crippen LogP contribution in [0.15, 0.2) is 34.0 Å². The van der Waals surface area contributed by atoms with Gasteiger partial charge in [-0.25, -0.2) is 5.43 Å². The Morgan fingerprint density at radius 1 is 1.29 bits per heavy atom. The Kier molecular flexibility index (Phi) is 6.18. The monoisotopic (exact) mass is 423 g/mol. The summed E-state index contributed by atoms with van der Waals surface area (Å²) in [6.45, 7) is 3.88. The van der Waals surface area contributed by atoms with E-state index in [1.54, 1.807) is 18.3 Å². The summed E-state index contributed by atoms with van der Waals surface area (Å²) in [5.74, 6) is 0.769. The molecule has 164 valence electrons. The zero-order valence-corrected chi connectivity index (χ0v) is 18.4. The Hall–Kier alpha value is -3.00. The fourth-order valence-corrected chi connectivity index (χ4v) is 4.37. The molecule has 2 aliphatic rings. The van der Waals surface area contributed by atoms with Crippen LogP contribution in [0.3, 0.4) is 0 Å². The second kappa shape index (κ2) is 9.01. The molecule has 0 atom stereocenters. The molecule has 1 aliphatic heterocycles. The van der Waals surface area contributed by atoms with Crippen molar-refractivity contribution in [1.82, 2.24) is 20.2 Å². The molecule has 0 spiro atoms. The molecule has 2 aromatic rings. The van der Waals surface area contributed by atoms with E-state index in [9.17, 15) is 9.59 Å². The number of furan rings is 1. The molecule has 0 bridgehead atoms. The van der Waals surface area contributed by atoms with Crippen LogP contribution in [-0.4, -0.2) is 65.5 Å². The lowest BCUT2D eigenvalue weighted by atomic mass is 9.93. The second-order valence-electron chi connectivity index (χ2n) is 8.40. The molecule has 31 heavy (non-hydrogen) atoms. The third kappa shape index (κ3) is 4.39. The molecule has 0 saturated carbocycles. The molecule has 1 aliphatic carbocycles. The highest BCUT2D eigenvalue weighted by Crippen LogP contribution is 2.31. The van der Waals surface area contributed by atoms with Crippen LogP contribution in [0.2, 0.25) is 0 Å². The number of hydrazone groups is 1. The Morgan fingerprint density at radius 3 is 2.77 bits per heavy atom. The first kappa shape index (κ1) is 21.2. The van der Waals surface area contributed by atoms with Gasteiger partial charge in [-0.05, 0) is 64.9 Å². The fraction of sp³-hybridized carbons (Fsp3) is 0.478. The van der Waals surface area contributed by atoms with Gasteiger partial charge in [-0.15, -0.1) is 0 Å². The van der Waals surface area contributed by atoms with Gasteiger partial charge in [0.2, 0.25) is 0 Å². The maximum atomic E-state index is 13.2. The minimum atomic E-state index is -0.313. The normalized spacial score (nSPS) is 18.6. The zero-order chi connectivity index (χ0) is 22.0. The average molecular weight is 424 g/mol. The third-order valence-corrected chi connectivity index (χ3v) is 6.29. The fourth-order valence-electron chi connectivity index (χ4n) is 4.37. The highest BCUT2D eigenvalue weighted by atomic mass is 16.4. The molecule has 0 radical (unpaired) electrons. The number of nitrogens with zero attached hydrogens (tertiary/aromatic N) is 4. The number of nitrogens with one attached hydrogen (secondary N) is 1. The molecule has 1 saturated heterocycles. The van der Waals surface area contributed by atoms with Gasteiger partial charge in [-0.2, -0.15) is 5.10 Å². The van der Waals surface area contributed by atoms with Gasteiger partial charge in [-0.1, -0.05) is 0 Å². The summed E-state index contributed by atoms with van der Waals surface area (Å²) in [7, 11) is 3.97. The molecule has 0 aromatic carbocycles. The van der Waals surface area contributed by atoms with Crippen LogP contribution >= 0.6 is 0 Å². The largest absolute Gasteiger partial charge is 0.455 e. The second-order valence-corrected chi connectivity index (χ2v) is 8.40. The Labute approximate surface area is 182 Å². The van der Waals surface area contributed by atoms with Crippen molar-refractivity contribution < 1.29 is 14.0 Å². The van der Waals surface area contributed by atoms with Crippen molar-refractivity contribution in [2.75, 3.05) is 27.2 Å². The summed E-state index contributed by atoms with van der Waals surface area (Å²) in [6, 6.07) is 3.62. The maximum absolute atomic E-state index is 13.2. The van der Waals surface area contributed by atoms with Crippen LogP contribution in [0, 0.1) is 6.92 Å². The number of rotatable bonds is 4. The van der Waals surface area contributed by atoms with Gasteiger partial charge < -0.3 is 14.2 Å². The number of pyridine rings is 1. The molecular formula is C23H29N5O3. The van der Waals surface area contributed by atoms with Gasteiger partial charge in [0.05, 0.1) is 11.3 Å². The van der Waals surface area contributed by atoms with E-state index in [4.69, 9.17) is 4.42 Å². The average Bonchev–Trinajstić information content (AvgIpc) is 3.14. The zero-order valence-electron chi connectivity index (χ0n) is 18.4. The van der Waals surface area contributed by atoms with Crippen LogP contribution in [0.25, 0.3) is 0 Å². The summed E-state index contributed by atoms with van der Waals surface area (Å²) in [5, 5.41) is 4.38. The number of aromatic nitrogens is 1. The predicted octanol–water partition coefficient (Wildman–Crippen LogP) is 2.62. The molecular weight excluding hydrogens is 394 g/mol. The highest BCUT2D eigenvalue weighted by molar-refractivity contribution is 6.07. The summed E-state index contributed by atoms with van der Waals surface area (Å²) in [6.07, 6.45) is 7.39. The molecule has 8 heteroatoms. The highest BCUT2D eigenvalue weighted by Gasteiger charge is 2.32. The van der Waals surface area contributed by atoms with Crippen molar-refractivity contribution in [3.8, 4) is 0 Å². The van der Waals surface area contributed by atoms with E-state index in [1.807, 2.05) is 18.9 Å². The van der Waals surface area contributed by atoms with Crippen LogP contribution in [0.5, 0.6) is 0 Å². The van der Waals surface area contributed by atoms with Crippen molar-refractivity contribution in [1.29, 1.82) is 0 Å². The molecule has 2 amide bonds. The lowest BCUT2D eigenvalue weighted by molar-refractivity contribution is 0.0625. The van der Waals surface area contributed by atoms with Crippen LogP contribution in [-0.2, 0) is 6.42 Å². The third-order valence-electron chi connectivity index (χ3n) is 6.29. The first-order chi connectivity index (χ1) is 15.0. The van der Waals surface area contributed by atoms with Crippen LogP contribution in [0.4, 0.5) is 0 Å². The molecule has 2 aromatic heterocycles. The van der Waals surface area contributed by atoms with Crippen molar-refractivity contribution >= 4 is 17.5 Å². The van der Waals surface area contributed by atoms with E-state index < -0.39 is 0 Å². The molecule has 1 N–H and O–H groups in total. The number of aryl methyl sites for hydroxylation is 1. The minimum Gasteiger partial charge on any atom is -0.455 e. The summed E-state index contributed by atoms with van der Waals surface area (Å²) < 4.78 is 6.05. The minimum absolute atomic E-state index is 0.0831. The quantitative estimate of drug-likeness (QED) is 0.764. The SMILES string of the molecule is Cc1c(C(=O)N(C)C2CCN(C)CC2)oc2c1/C(=N/NC(=O)c1cccnc1)CCC2. The molecule has 0 unspecified atom stereocenters. The topological polar surface area (TPSA) is 91.0 Å². The lowest BCUT2D eigenvalue weighted by Gasteiger charge is -2.34. The number of piperidine rings is 1. The maximum Gasteiger partial charge on any atom is 0.289 e. The summed E-state index contributed by atoms with van der Waals surface area (Å²) in [5.41, 5.74) is 5.48. The van der Waals surface area contributed by atoms with Gasteiger partial charge in [0.1, 0.15) is 5.76 Å². The predicted molar refractivity (Wildman–Crippen MR) is 117 cm³/mol. The van der Waals surface area contributed by atoms with E-state index in [0.717, 1.165) is 67.8 Å². The smallest absolute Gasteiger partial charge is 0.289 e. The number of hydrogen-bond donors (Lipinski definition) is 1. The number of carbonyl (C=O) groups is 2. The van der Waals surface area contributed by atoms with Gasteiger partial charge in [0, 0.05) is 43.0 Å². The molecule has 4 rings (SSSR count). The van der Waals surface area contributed by atoms with E-state index in [2.05, 4.69) is 27.5 Å². The van der Waals surface area contributed by atoms with Gasteiger partial charge >= 0.3 is 0 Å². The van der Waals surface area contributed by atoms with E-state index >= 15 is 0 Å². The van der Waals surface area contributed by atoms with Crippen molar-refractivity contribution in [2.45, 2.75) is 45.1 Å². The summed E-state index contributed by atoms with van der Waals surface area (Å²) >= 11 is 0. The Morgan fingerprint density at radius 2 is 2.06 bits per heavy atom. The van der Waals surface area contributed by atoms with E-state index in [0.29, 0.717) is 11.3 Å². The molecule has 1 fully saturated rings. The molecule has 8 nitrogen and oxygen atoms in total. The number of carbonyl (C=O) groups excluding carboxylic acids is 2. The van der Waals surface area contributed by atoms with Crippen molar-refractivity contribution in [3.05, 3.63) is 52.7 Å². The van der Waals surface area contributed by atoms with Gasteiger partial charge in [0.15, 0.2) is 5.76 Å². The van der Waals surface area contributed by atoms with Gasteiger partial charge in [-0.3, -0.25) is 14.6 Å². The van der Waals surface area contributed by atoms with E-state index in [1.165, 1.54) is 6.20 Å². The summed E-state index contributed by atoms with van der Waals surface area (Å²) in [4.78, 5) is 33.6. The lowest BCUT2D eigenvalue weighted by Crippen LogP contribution is -2.44. The number of likely N-dealkylation sites (tertiary alicyclic amines) is 1. The van der Waals surface area contributed by atoms with Crippen LogP contribution < -0.4 is 5.43 Å². The number of amides is 2. The standard InChI is InChI=1S/C23H29N5O3/c1-15-20-18(25-26-22(29)16-6-5-11-24-14-16)7-4-8-19(20)31-21(15)23(30)28(3)17-9-12-27(2)13-10-17/h5-6,11,14,17H,4,7-10,12-13H2,1-3H3,(H,26,29)/b25-18+. The van der Waals surface area contributed by atoms with Crippen molar-refractivity contribution in [3.63, 3.8) is 0 Å². The Bertz CT molecular complexity index is 990. The first-order valence-corrected chi connectivity index (χ1v) is 10.8. The first-order valence-electron chi connectivity index (χ1n) is 10.8. The van der Waals surface area contributed by atoms with Crippen LogP contribution in [0.1, 0.15) is 63.5 Å². The number of hydrogen-bond acceptors (Lipinski definition) is 6. The Balaban J connectivity index is 1.54. The van der Waals surface area contributed by atoms with Gasteiger partial charge in [0.25, 0.3) is 11.8 Å². The van der Waals surface area contributed by atoms with E-state index in [-0.39, 0.29) is 17.9 Å². The van der Waals surface area contributed by atoms with Crippen molar-refractivity contribution in [2.24, 2.45) is 5.10 Å². The number of fused-ring (bicyclic) bond motifs is 1.